The van der Waals surface area contributed by atoms with Crippen LogP contribution in [0.1, 0.15) is 32.1 Å². The van der Waals surface area contributed by atoms with Gasteiger partial charge in [0.05, 0.1) is 6.07 Å². The van der Waals surface area contributed by atoms with E-state index in [1.54, 1.807) is 0 Å². The van der Waals surface area contributed by atoms with Crippen LogP contribution in [0.4, 0.5) is 0 Å². The summed E-state index contributed by atoms with van der Waals surface area (Å²) >= 11 is 0. The average Bonchev–Trinajstić information content (AvgIpc) is 2.73. The van der Waals surface area contributed by atoms with E-state index in [0.29, 0.717) is 6.42 Å². The van der Waals surface area contributed by atoms with E-state index in [4.69, 9.17) is 5.26 Å². The summed E-state index contributed by atoms with van der Waals surface area (Å²) in [6, 6.07) is 2.16. The third-order valence-corrected chi connectivity index (χ3v) is 3.70. The monoisotopic (exact) mass is 178 g/mol. The fraction of sp³-hybridized carbons (Fsp3) is 0.909. The molecule has 2 rings (SSSR count). The summed E-state index contributed by atoms with van der Waals surface area (Å²) < 4.78 is 0. The quantitative estimate of drug-likeness (QED) is 0.668. The van der Waals surface area contributed by atoms with Crippen molar-refractivity contribution < 1.29 is 0 Å². The Balaban J connectivity index is 1.64. The SMILES string of the molecule is N#CCCNCC1CC2CCC1C2. The molecule has 0 aromatic rings. The lowest BCUT2D eigenvalue weighted by Gasteiger charge is -2.21. The molecule has 0 spiro atoms. The number of nitriles is 1. The Bertz CT molecular complexity index is 207. The summed E-state index contributed by atoms with van der Waals surface area (Å²) in [6.07, 6.45) is 6.55. The zero-order chi connectivity index (χ0) is 9.10. The molecule has 2 aliphatic carbocycles. The fourth-order valence-electron chi connectivity index (χ4n) is 3.06. The third kappa shape index (κ3) is 2.03. The smallest absolute Gasteiger partial charge is 0.0635 e. The lowest BCUT2D eigenvalue weighted by atomic mass is 9.89. The zero-order valence-corrected chi connectivity index (χ0v) is 8.13. The molecule has 0 aromatic heterocycles. The highest BCUT2D eigenvalue weighted by Gasteiger charge is 2.38. The molecule has 0 amide bonds. The normalized spacial score (nSPS) is 36.4. The molecular formula is C11H18N2. The van der Waals surface area contributed by atoms with Crippen LogP contribution < -0.4 is 5.32 Å². The fourth-order valence-corrected chi connectivity index (χ4v) is 3.06. The second-order valence-electron chi connectivity index (χ2n) is 4.55. The van der Waals surface area contributed by atoms with Crippen molar-refractivity contribution in [2.24, 2.45) is 17.8 Å². The minimum atomic E-state index is 0.654. The van der Waals surface area contributed by atoms with Crippen LogP contribution in [0.3, 0.4) is 0 Å². The van der Waals surface area contributed by atoms with E-state index in [2.05, 4.69) is 11.4 Å². The van der Waals surface area contributed by atoms with Gasteiger partial charge in [0.15, 0.2) is 0 Å². The first kappa shape index (κ1) is 9.02. The molecular weight excluding hydrogens is 160 g/mol. The van der Waals surface area contributed by atoms with Gasteiger partial charge in [-0.25, -0.2) is 0 Å². The van der Waals surface area contributed by atoms with E-state index in [9.17, 15) is 0 Å². The Morgan fingerprint density at radius 3 is 2.85 bits per heavy atom. The van der Waals surface area contributed by atoms with Gasteiger partial charge in [-0.15, -0.1) is 0 Å². The van der Waals surface area contributed by atoms with E-state index in [0.717, 1.165) is 30.8 Å². The van der Waals surface area contributed by atoms with Crippen LogP contribution in [0, 0.1) is 29.1 Å². The van der Waals surface area contributed by atoms with Crippen molar-refractivity contribution in [1.29, 1.82) is 5.26 Å². The Labute approximate surface area is 80.3 Å². The molecule has 3 unspecified atom stereocenters. The van der Waals surface area contributed by atoms with Gasteiger partial charge in [-0.3, -0.25) is 0 Å². The number of nitrogens with zero attached hydrogens (tertiary/aromatic N) is 1. The summed E-state index contributed by atoms with van der Waals surface area (Å²) in [7, 11) is 0. The molecule has 2 nitrogen and oxygen atoms in total. The van der Waals surface area contributed by atoms with Crippen molar-refractivity contribution in [1.82, 2.24) is 5.32 Å². The molecule has 2 fully saturated rings. The minimum absolute atomic E-state index is 0.654. The van der Waals surface area contributed by atoms with E-state index in [1.807, 2.05) is 0 Å². The van der Waals surface area contributed by atoms with Crippen LogP contribution in [-0.4, -0.2) is 13.1 Å². The average molecular weight is 178 g/mol. The Morgan fingerprint density at radius 1 is 1.31 bits per heavy atom. The zero-order valence-electron chi connectivity index (χ0n) is 8.13. The number of hydrogen-bond donors (Lipinski definition) is 1. The summed E-state index contributed by atoms with van der Waals surface area (Å²) in [5.74, 6) is 2.99. The molecule has 0 heterocycles. The number of hydrogen-bond acceptors (Lipinski definition) is 2. The summed E-state index contributed by atoms with van der Waals surface area (Å²) in [4.78, 5) is 0. The highest BCUT2D eigenvalue weighted by Crippen LogP contribution is 2.47. The summed E-state index contributed by atoms with van der Waals surface area (Å²) in [6.45, 7) is 2.03. The maximum Gasteiger partial charge on any atom is 0.0635 e. The van der Waals surface area contributed by atoms with Gasteiger partial charge in [-0.2, -0.15) is 5.26 Å². The van der Waals surface area contributed by atoms with Crippen molar-refractivity contribution in [3.8, 4) is 6.07 Å². The van der Waals surface area contributed by atoms with E-state index < -0.39 is 0 Å². The van der Waals surface area contributed by atoms with Crippen LogP contribution >= 0.6 is 0 Å². The van der Waals surface area contributed by atoms with Crippen LogP contribution in [0.15, 0.2) is 0 Å². The van der Waals surface area contributed by atoms with Gasteiger partial charge in [0, 0.05) is 13.0 Å². The van der Waals surface area contributed by atoms with Crippen molar-refractivity contribution >= 4 is 0 Å². The molecule has 2 bridgehead atoms. The number of rotatable bonds is 4. The molecule has 2 heteroatoms. The van der Waals surface area contributed by atoms with Crippen LogP contribution in [-0.2, 0) is 0 Å². The highest BCUT2D eigenvalue weighted by atomic mass is 14.9. The van der Waals surface area contributed by atoms with Crippen molar-refractivity contribution in [3.63, 3.8) is 0 Å². The van der Waals surface area contributed by atoms with Crippen molar-refractivity contribution in [3.05, 3.63) is 0 Å². The van der Waals surface area contributed by atoms with Gasteiger partial charge in [0.1, 0.15) is 0 Å². The van der Waals surface area contributed by atoms with E-state index >= 15 is 0 Å². The van der Waals surface area contributed by atoms with Crippen LogP contribution in [0.25, 0.3) is 0 Å². The second kappa shape index (κ2) is 4.11. The molecule has 3 atom stereocenters. The lowest BCUT2D eigenvalue weighted by Crippen LogP contribution is -2.27. The third-order valence-electron chi connectivity index (χ3n) is 3.70. The number of nitrogens with one attached hydrogen (secondary N) is 1. The Hall–Kier alpha value is -0.550. The first-order valence-corrected chi connectivity index (χ1v) is 5.48. The molecule has 0 aromatic carbocycles. The predicted molar refractivity (Wildman–Crippen MR) is 52.0 cm³/mol. The maximum atomic E-state index is 8.37. The standard InChI is InChI=1S/C11H18N2/c12-4-1-5-13-8-11-7-9-2-3-10(11)6-9/h9-11,13H,1-3,5-8H2. The highest BCUT2D eigenvalue weighted by molar-refractivity contribution is 4.90. The van der Waals surface area contributed by atoms with Crippen LogP contribution in [0.2, 0.25) is 0 Å². The Kier molecular flexibility index (Phi) is 2.85. The van der Waals surface area contributed by atoms with E-state index in [1.165, 1.54) is 25.7 Å². The Morgan fingerprint density at radius 2 is 2.23 bits per heavy atom. The van der Waals surface area contributed by atoms with Gasteiger partial charge in [0.2, 0.25) is 0 Å². The van der Waals surface area contributed by atoms with Gasteiger partial charge >= 0.3 is 0 Å². The lowest BCUT2D eigenvalue weighted by molar-refractivity contribution is 0.320. The van der Waals surface area contributed by atoms with Gasteiger partial charge in [-0.05, 0) is 43.6 Å². The predicted octanol–water partition coefficient (Wildman–Crippen LogP) is 1.93. The molecule has 0 radical (unpaired) electrons. The first-order valence-electron chi connectivity index (χ1n) is 5.48. The minimum Gasteiger partial charge on any atom is -0.315 e. The van der Waals surface area contributed by atoms with Crippen molar-refractivity contribution in [2.45, 2.75) is 32.1 Å². The summed E-state index contributed by atoms with van der Waals surface area (Å²) in [5, 5.41) is 11.8. The largest absolute Gasteiger partial charge is 0.315 e. The van der Waals surface area contributed by atoms with Gasteiger partial charge in [-0.1, -0.05) is 6.42 Å². The molecule has 0 saturated heterocycles. The molecule has 1 N–H and O–H groups in total. The molecule has 13 heavy (non-hydrogen) atoms. The second-order valence-corrected chi connectivity index (χ2v) is 4.55. The van der Waals surface area contributed by atoms with Gasteiger partial charge < -0.3 is 5.32 Å². The van der Waals surface area contributed by atoms with Gasteiger partial charge in [0.25, 0.3) is 0 Å². The molecule has 2 aliphatic rings. The topological polar surface area (TPSA) is 35.8 Å². The summed E-state index contributed by atoms with van der Waals surface area (Å²) in [5.41, 5.74) is 0. The molecule has 0 aliphatic heterocycles. The maximum absolute atomic E-state index is 8.37. The first-order chi connectivity index (χ1) is 6.40. The van der Waals surface area contributed by atoms with Crippen LogP contribution in [0.5, 0.6) is 0 Å². The molecule has 72 valence electrons. The number of fused-ring (bicyclic) bond motifs is 2. The van der Waals surface area contributed by atoms with E-state index in [-0.39, 0.29) is 0 Å². The molecule has 2 saturated carbocycles. The van der Waals surface area contributed by atoms with Crippen molar-refractivity contribution in [2.75, 3.05) is 13.1 Å².